The van der Waals surface area contributed by atoms with Crippen molar-refractivity contribution in [2.45, 2.75) is 33.2 Å². The van der Waals surface area contributed by atoms with Crippen molar-refractivity contribution >= 4 is 0 Å². The molecule has 1 unspecified atom stereocenters. The van der Waals surface area contributed by atoms with E-state index in [0.29, 0.717) is 0 Å². The Balaban J connectivity index is 2.53. The molecule has 102 valence electrons. The summed E-state index contributed by atoms with van der Waals surface area (Å²) in [6.45, 7) is 6.51. The highest BCUT2D eigenvalue weighted by Crippen LogP contribution is 2.28. The van der Waals surface area contributed by atoms with Crippen LogP contribution in [0, 0.1) is 13.8 Å². The van der Waals surface area contributed by atoms with E-state index in [0.717, 1.165) is 6.42 Å². The molecule has 1 aromatic carbocycles. The molecule has 0 spiro atoms. The van der Waals surface area contributed by atoms with E-state index in [1.807, 2.05) is 18.8 Å². The van der Waals surface area contributed by atoms with Gasteiger partial charge in [-0.2, -0.15) is 5.10 Å². The molecule has 1 atom stereocenters. The lowest BCUT2D eigenvalue weighted by Crippen LogP contribution is -2.19. The topological polar surface area (TPSA) is 29.9 Å². The van der Waals surface area contributed by atoms with Crippen LogP contribution in [0.25, 0.3) is 0 Å². The van der Waals surface area contributed by atoms with Gasteiger partial charge >= 0.3 is 0 Å². The summed E-state index contributed by atoms with van der Waals surface area (Å²) in [6, 6.07) is 6.71. The third kappa shape index (κ3) is 2.56. The van der Waals surface area contributed by atoms with Crippen molar-refractivity contribution in [1.29, 1.82) is 0 Å². The molecule has 0 fully saturated rings. The Morgan fingerprint density at radius 2 is 2.00 bits per heavy atom. The van der Waals surface area contributed by atoms with Gasteiger partial charge < -0.3 is 5.32 Å². The summed E-state index contributed by atoms with van der Waals surface area (Å²) in [5.74, 6) is 0. The Morgan fingerprint density at radius 1 is 1.26 bits per heavy atom. The van der Waals surface area contributed by atoms with Crippen LogP contribution in [0.3, 0.4) is 0 Å². The highest BCUT2D eigenvalue weighted by molar-refractivity contribution is 5.41. The molecule has 0 saturated carbocycles. The summed E-state index contributed by atoms with van der Waals surface area (Å²) in [5, 5.41) is 7.99. The molecule has 0 aliphatic rings. The van der Waals surface area contributed by atoms with Crippen LogP contribution in [0.15, 0.2) is 24.4 Å². The van der Waals surface area contributed by atoms with E-state index < -0.39 is 0 Å². The van der Waals surface area contributed by atoms with Crippen LogP contribution in [0.4, 0.5) is 0 Å². The summed E-state index contributed by atoms with van der Waals surface area (Å²) in [5.41, 5.74) is 6.47. The molecule has 0 amide bonds. The Hall–Kier alpha value is -1.61. The first-order chi connectivity index (χ1) is 9.08. The van der Waals surface area contributed by atoms with Crippen LogP contribution >= 0.6 is 0 Å². The summed E-state index contributed by atoms with van der Waals surface area (Å²) in [6.07, 6.45) is 3.08. The average molecular weight is 257 g/mol. The summed E-state index contributed by atoms with van der Waals surface area (Å²) in [4.78, 5) is 0. The van der Waals surface area contributed by atoms with Crippen LogP contribution in [-0.2, 0) is 13.5 Å². The third-order valence-corrected chi connectivity index (χ3v) is 3.83. The van der Waals surface area contributed by atoms with Gasteiger partial charge in [0.25, 0.3) is 0 Å². The largest absolute Gasteiger partial charge is 0.309 e. The predicted octanol–water partition coefficient (Wildman–Crippen LogP) is 2.91. The second-order valence-corrected chi connectivity index (χ2v) is 5.07. The average Bonchev–Trinajstić information content (AvgIpc) is 2.76. The minimum absolute atomic E-state index is 0.212. The predicted molar refractivity (Wildman–Crippen MR) is 79.4 cm³/mol. The fourth-order valence-corrected chi connectivity index (χ4v) is 2.63. The minimum Gasteiger partial charge on any atom is -0.309 e. The molecule has 3 nitrogen and oxygen atoms in total. The van der Waals surface area contributed by atoms with Gasteiger partial charge in [-0.1, -0.05) is 25.1 Å². The monoisotopic (exact) mass is 257 g/mol. The Labute approximate surface area is 115 Å². The van der Waals surface area contributed by atoms with Crippen molar-refractivity contribution in [1.82, 2.24) is 15.1 Å². The molecular formula is C16H23N3. The molecule has 1 aromatic heterocycles. The fourth-order valence-electron chi connectivity index (χ4n) is 2.63. The van der Waals surface area contributed by atoms with Crippen molar-refractivity contribution in [2.75, 3.05) is 7.05 Å². The van der Waals surface area contributed by atoms with E-state index in [1.165, 1.54) is 27.9 Å². The number of aryl methyl sites for hydroxylation is 3. The maximum Gasteiger partial charge on any atom is 0.0673 e. The minimum atomic E-state index is 0.212. The second-order valence-electron chi connectivity index (χ2n) is 5.07. The quantitative estimate of drug-likeness (QED) is 0.912. The zero-order chi connectivity index (χ0) is 14.0. The van der Waals surface area contributed by atoms with Gasteiger partial charge in [0.15, 0.2) is 0 Å². The molecule has 0 saturated heterocycles. The fraction of sp³-hybridized carbons (Fsp3) is 0.438. The number of benzene rings is 1. The SMILES string of the molecule is CCc1nn(C)cc1C(NC)c1cccc(C)c1C. The highest BCUT2D eigenvalue weighted by atomic mass is 15.3. The molecule has 19 heavy (non-hydrogen) atoms. The molecule has 2 rings (SSSR count). The molecular weight excluding hydrogens is 234 g/mol. The smallest absolute Gasteiger partial charge is 0.0673 e. The van der Waals surface area contributed by atoms with E-state index in [2.05, 4.69) is 55.6 Å². The van der Waals surface area contributed by atoms with Gasteiger partial charge in [0.05, 0.1) is 11.7 Å². The maximum atomic E-state index is 4.55. The van der Waals surface area contributed by atoms with Gasteiger partial charge in [-0.05, 0) is 44.0 Å². The van der Waals surface area contributed by atoms with Crippen molar-refractivity contribution in [2.24, 2.45) is 7.05 Å². The molecule has 0 aliphatic carbocycles. The number of aromatic nitrogens is 2. The first-order valence-electron chi connectivity index (χ1n) is 6.84. The summed E-state index contributed by atoms with van der Waals surface area (Å²) in [7, 11) is 4.00. The van der Waals surface area contributed by atoms with Gasteiger partial charge in [0.1, 0.15) is 0 Å². The number of rotatable bonds is 4. The molecule has 1 N–H and O–H groups in total. The molecule has 2 aromatic rings. The zero-order valence-electron chi connectivity index (χ0n) is 12.5. The first-order valence-corrected chi connectivity index (χ1v) is 6.84. The molecule has 3 heteroatoms. The van der Waals surface area contributed by atoms with Crippen LogP contribution in [-0.4, -0.2) is 16.8 Å². The van der Waals surface area contributed by atoms with Gasteiger partial charge in [-0.25, -0.2) is 0 Å². The maximum absolute atomic E-state index is 4.55. The van der Waals surface area contributed by atoms with Gasteiger partial charge in [0.2, 0.25) is 0 Å². The Kier molecular flexibility index (Phi) is 4.05. The molecule has 0 radical (unpaired) electrons. The van der Waals surface area contributed by atoms with Crippen LogP contribution in [0.5, 0.6) is 0 Å². The number of nitrogens with zero attached hydrogens (tertiary/aromatic N) is 2. The van der Waals surface area contributed by atoms with Crippen LogP contribution in [0.2, 0.25) is 0 Å². The number of nitrogens with one attached hydrogen (secondary N) is 1. The first kappa shape index (κ1) is 13.8. The van der Waals surface area contributed by atoms with Crippen LogP contribution in [0.1, 0.15) is 40.9 Å². The van der Waals surface area contributed by atoms with E-state index >= 15 is 0 Å². The van der Waals surface area contributed by atoms with E-state index in [9.17, 15) is 0 Å². The molecule has 0 bridgehead atoms. The van der Waals surface area contributed by atoms with Crippen LogP contribution < -0.4 is 5.32 Å². The van der Waals surface area contributed by atoms with Gasteiger partial charge in [-0.15, -0.1) is 0 Å². The normalized spacial score (nSPS) is 12.7. The lowest BCUT2D eigenvalue weighted by molar-refractivity contribution is 0.679. The number of hydrogen-bond donors (Lipinski definition) is 1. The van der Waals surface area contributed by atoms with Crippen molar-refractivity contribution in [3.8, 4) is 0 Å². The standard InChI is InChI=1S/C16H23N3/c1-6-15-14(10-19(5)18-15)16(17-4)13-9-7-8-11(2)12(13)3/h7-10,16-17H,6H2,1-5H3. The number of hydrogen-bond acceptors (Lipinski definition) is 2. The Morgan fingerprint density at radius 3 is 2.63 bits per heavy atom. The van der Waals surface area contributed by atoms with Gasteiger partial charge in [-0.3, -0.25) is 4.68 Å². The Bertz CT molecular complexity index is 569. The van der Waals surface area contributed by atoms with Crippen molar-refractivity contribution < 1.29 is 0 Å². The lowest BCUT2D eigenvalue weighted by Gasteiger charge is -2.20. The zero-order valence-corrected chi connectivity index (χ0v) is 12.5. The summed E-state index contributed by atoms with van der Waals surface area (Å²) < 4.78 is 1.91. The van der Waals surface area contributed by atoms with E-state index in [4.69, 9.17) is 0 Å². The van der Waals surface area contributed by atoms with E-state index in [1.54, 1.807) is 0 Å². The van der Waals surface area contributed by atoms with Crippen molar-refractivity contribution in [3.63, 3.8) is 0 Å². The van der Waals surface area contributed by atoms with Gasteiger partial charge in [0, 0.05) is 18.8 Å². The van der Waals surface area contributed by atoms with Crippen molar-refractivity contribution in [3.05, 3.63) is 52.3 Å². The van der Waals surface area contributed by atoms with E-state index in [-0.39, 0.29) is 6.04 Å². The molecule has 1 heterocycles. The summed E-state index contributed by atoms with van der Waals surface area (Å²) >= 11 is 0. The molecule has 0 aliphatic heterocycles. The second kappa shape index (κ2) is 5.57. The highest BCUT2D eigenvalue weighted by Gasteiger charge is 2.19. The lowest BCUT2D eigenvalue weighted by atomic mass is 9.92. The third-order valence-electron chi connectivity index (χ3n) is 3.83.